The van der Waals surface area contributed by atoms with Crippen molar-refractivity contribution in [2.45, 2.75) is 39.0 Å². The van der Waals surface area contributed by atoms with E-state index in [9.17, 15) is 4.79 Å². The number of amides is 1. The van der Waals surface area contributed by atoms with E-state index in [0.29, 0.717) is 22.8 Å². The van der Waals surface area contributed by atoms with E-state index >= 15 is 0 Å². The van der Waals surface area contributed by atoms with Crippen LogP contribution >= 0.6 is 11.6 Å². The Hall–Kier alpha value is -1.13. The van der Waals surface area contributed by atoms with Gasteiger partial charge < -0.3 is 10.1 Å². The molecule has 0 aromatic carbocycles. The Morgan fingerprint density at radius 1 is 1.48 bits per heavy atom. The van der Waals surface area contributed by atoms with Crippen molar-refractivity contribution >= 4 is 17.5 Å². The standard InChI is InChI=1S/C16H23ClN2O2/c1-12-14(13(17)5-9-18-12)15(20)19-11-16(8-10-21-2)6-3-4-7-16/h5,9H,3-4,6-8,10-11H2,1-2H3,(H,19,20). The lowest BCUT2D eigenvalue weighted by Gasteiger charge is -2.29. The van der Waals surface area contributed by atoms with Crippen LogP contribution in [0.25, 0.3) is 0 Å². The summed E-state index contributed by atoms with van der Waals surface area (Å²) in [5.74, 6) is -0.130. The molecule has 5 heteroatoms. The Balaban J connectivity index is 2.02. The number of aromatic nitrogens is 1. The summed E-state index contributed by atoms with van der Waals surface area (Å²) in [6.07, 6.45) is 7.36. The van der Waals surface area contributed by atoms with Crippen LogP contribution in [-0.4, -0.2) is 31.2 Å². The molecule has 2 rings (SSSR count). The number of methoxy groups -OCH3 is 1. The molecular weight excluding hydrogens is 288 g/mol. The molecule has 0 bridgehead atoms. The van der Waals surface area contributed by atoms with Gasteiger partial charge in [0.2, 0.25) is 0 Å². The molecule has 1 aliphatic rings. The minimum Gasteiger partial charge on any atom is -0.385 e. The summed E-state index contributed by atoms with van der Waals surface area (Å²) in [7, 11) is 1.72. The molecule has 21 heavy (non-hydrogen) atoms. The number of aryl methyl sites for hydroxylation is 1. The molecule has 1 aromatic heterocycles. The number of nitrogens with one attached hydrogen (secondary N) is 1. The van der Waals surface area contributed by atoms with Crippen LogP contribution in [0.1, 0.15) is 48.2 Å². The van der Waals surface area contributed by atoms with Gasteiger partial charge >= 0.3 is 0 Å². The van der Waals surface area contributed by atoms with Crippen LogP contribution in [0.2, 0.25) is 5.02 Å². The van der Waals surface area contributed by atoms with Crippen molar-refractivity contribution in [3.63, 3.8) is 0 Å². The first-order chi connectivity index (χ1) is 10.1. The molecule has 0 unspecified atom stereocenters. The van der Waals surface area contributed by atoms with Crippen molar-refractivity contribution < 1.29 is 9.53 Å². The highest BCUT2D eigenvalue weighted by Gasteiger charge is 2.34. The largest absolute Gasteiger partial charge is 0.385 e. The molecule has 0 aliphatic heterocycles. The van der Waals surface area contributed by atoms with Crippen LogP contribution in [0.4, 0.5) is 0 Å². The fraction of sp³-hybridized carbons (Fsp3) is 0.625. The molecule has 1 saturated carbocycles. The highest BCUT2D eigenvalue weighted by atomic mass is 35.5. The first-order valence-electron chi connectivity index (χ1n) is 7.46. The topological polar surface area (TPSA) is 51.2 Å². The van der Waals surface area contributed by atoms with E-state index in [0.717, 1.165) is 25.9 Å². The second-order valence-electron chi connectivity index (χ2n) is 5.89. The number of halogens is 1. The normalized spacial score (nSPS) is 16.9. The van der Waals surface area contributed by atoms with E-state index in [1.165, 1.54) is 12.8 Å². The second kappa shape index (κ2) is 7.23. The van der Waals surface area contributed by atoms with Crippen molar-refractivity contribution in [2.75, 3.05) is 20.3 Å². The summed E-state index contributed by atoms with van der Waals surface area (Å²) in [5.41, 5.74) is 1.32. The number of hydrogen-bond donors (Lipinski definition) is 1. The maximum atomic E-state index is 12.4. The van der Waals surface area contributed by atoms with E-state index in [-0.39, 0.29) is 11.3 Å². The smallest absolute Gasteiger partial charge is 0.254 e. The first kappa shape index (κ1) is 16.2. The number of carbonyl (C=O) groups excluding carboxylic acids is 1. The number of rotatable bonds is 6. The van der Waals surface area contributed by atoms with E-state index in [2.05, 4.69) is 10.3 Å². The van der Waals surface area contributed by atoms with Crippen LogP contribution < -0.4 is 5.32 Å². The number of carbonyl (C=O) groups is 1. The molecule has 0 spiro atoms. The summed E-state index contributed by atoms with van der Waals surface area (Å²) in [6.45, 7) is 3.22. The quantitative estimate of drug-likeness (QED) is 0.876. The van der Waals surface area contributed by atoms with Crippen molar-refractivity contribution in [3.8, 4) is 0 Å². The van der Waals surface area contributed by atoms with Gasteiger partial charge in [-0.3, -0.25) is 9.78 Å². The molecule has 1 aromatic rings. The van der Waals surface area contributed by atoms with Crippen molar-refractivity contribution in [1.82, 2.24) is 10.3 Å². The van der Waals surface area contributed by atoms with Gasteiger partial charge in [0.15, 0.2) is 0 Å². The SMILES string of the molecule is COCCC1(CNC(=O)c2c(Cl)ccnc2C)CCCC1. The van der Waals surface area contributed by atoms with Gasteiger partial charge in [0.1, 0.15) is 0 Å². The lowest BCUT2D eigenvalue weighted by Crippen LogP contribution is -2.37. The Kier molecular flexibility index (Phi) is 5.59. The summed E-state index contributed by atoms with van der Waals surface area (Å²) in [6, 6.07) is 1.65. The van der Waals surface area contributed by atoms with Gasteiger partial charge in [-0.05, 0) is 37.7 Å². The number of ether oxygens (including phenoxy) is 1. The highest BCUT2D eigenvalue weighted by Crippen LogP contribution is 2.40. The molecule has 4 nitrogen and oxygen atoms in total. The number of hydrogen-bond acceptors (Lipinski definition) is 3. The van der Waals surface area contributed by atoms with Crippen LogP contribution in [0, 0.1) is 12.3 Å². The fourth-order valence-electron chi connectivity index (χ4n) is 3.12. The lowest BCUT2D eigenvalue weighted by atomic mass is 9.83. The molecule has 0 radical (unpaired) electrons. The predicted octanol–water partition coefficient (Wildman–Crippen LogP) is 3.37. The summed E-state index contributed by atoms with van der Waals surface area (Å²) in [5, 5.41) is 3.51. The average molecular weight is 311 g/mol. The molecule has 116 valence electrons. The maximum Gasteiger partial charge on any atom is 0.254 e. The molecule has 1 heterocycles. The van der Waals surface area contributed by atoms with Gasteiger partial charge in [-0.2, -0.15) is 0 Å². The van der Waals surface area contributed by atoms with Crippen LogP contribution in [0.15, 0.2) is 12.3 Å². The zero-order valence-corrected chi connectivity index (χ0v) is 13.5. The van der Waals surface area contributed by atoms with Gasteiger partial charge in [0, 0.05) is 26.5 Å². The number of nitrogens with zero attached hydrogens (tertiary/aromatic N) is 1. The zero-order chi connectivity index (χ0) is 15.3. The third-order valence-electron chi connectivity index (χ3n) is 4.44. The van der Waals surface area contributed by atoms with Crippen LogP contribution in [-0.2, 0) is 4.74 Å². The summed E-state index contributed by atoms with van der Waals surface area (Å²) >= 11 is 6.12. The molecule has 1 fully saturated rings. The molecular formula is C16H23ClN2O2. The Morgan fingerprint density at radius 3 is 2.81 bits per heavy atom. The fourth-order valence-corrected chi connectivity index (χ4v) is 3.40. The van der Waals surface area contributed by atoms with E-state index in [1.54, 1.807) is 26.3 Å². The van der Waals surface area contributed by atoms with Crippen LogP contribution in [0.3, 0.4) is 0 Å². The zero-order valence-electron chi connectivity index (χ0n) is 12.7. The van der Waals surface area contributed by atoms with Gasteiger partial charge in [-0.25, -0.2) is 0 Å². The summed E-state index contributed by atoms with van der Waals surface area (Å²) < 4.78 is 5.21. The molecule has 0 atom stereocenters. The Morgan fingerprint density at radius 2 is 2.19 bits per heavy atom. The van der Waals surface area contributed by atoms with Crippen molar-refractivity contribution in [3.05, 3.63) is 28.5 Å². The maximum absolute atomic E-state index is 12.4. The van der Waals surface area contributed by atoms with Gasteiger partial charge in [0.05, 0.1) is 16.3 Å². The highest BCUT2D eigenvalue weighted by molar-refractivity contribution is 6.33. The monoisotopic (exact) mass is 310 g/mol. The predicted molar refractivity (Wildman–Crippen MR) is 83.7 cm³/mol. The van der Waals surface area contributed by atoms with E-state index in [4.69, 9.17) is 16.3 Å². The lowest BCUT2D eigenvalue weighted by molar-refractivity contribution is 0.0902. The molecule has 1 N–H and O–H groups in total. The van der Waals surface area contributed by atoms with Gasteiger partial charge in [0.25, 0.3) is 5.91 Å². The van der Waals surface area contributed by atoms with Gasteiger partial charge in [-0.1, -0.05) is 24.4 Å². The Bertz CT molecular complexity index is 479. The molecule has 0 saturated heterocycles. The first-order valence-corrected chi connectivity index (χ1v) is 7.84. The van der Waals surface area contributed by atoms with Crippen molar-refractivity contribution in [2.24, 2.45) is 5.41 Å². The minimum atomic E-state index is -0.130. The average Bonchev–Trinajstić information content (AvgIpc) is 2.92. The second-order valence-corrected chi connectivity index (χ2v) is 6.29. The van der Waals surface area contributed by atoms with E-state index < -0.39 is 0 Å². The van der Waals surface area contributed by atoms with Gasteiger partial charge in [-0.15, -0.1) is 0 Å². The van der Waals surface area contributed by atoms with E-state index in [1.807, 2.05) is 0 Å². The third kappa shape index (κ3) is 3.95. The van der Waals surface area contributed by atoms with Crippen LogP contribution in [0.5, 0.6) is 0 Å². The number of pyridine rings is 1. The van der Waals surface area contributed by atoms with Crippen molar-refractivity contribution in [1.29, 1.82) is 0 Å². The minimum absolute atomic E-state index is 0.130. The molecule has 1 aliphatic carbocycles. The third-order valence-corrected chi connectivity index (χ3v) is 4.76. The summed E-state index contributed by atoms with van der Waals surface area (Å²) in [4.78, 5) is 16.5. The Labute approximate surface area is 131 Å². The molecule has 1 amide bonds.